The third-order valence-electron chi connectivity index (χ3n) is 2.99. The van der Waals surface area contributed by atoms with Crippen molar-refractivity contribution >= 4 is 17.8 Å². The molecule has 1 N–H and O–H groups in total. The first-order valence-electron chi connectivity index (χ1n) is 5.84. The maximum absolute atomic E-state index is 13.5. The van der Waals surface area contributed by atoms with Gasteiger partial charge in [-0.05, 0) is 24.1 Å². The van der Waals surface area contributed by atoms with E-state index in [2.05, 4.69) is 0 Å². The molecule has 0 aliphatic carbocycles. The number of likely N-dealkylation sites (tertiary alicyclic amines) is 1. The number of aromatic carboxylic acids is 1. The Balaban J connectivity index is 2.19. The fourth-order valence-corrected chi connectivity index (χ4v) is 1.99. The first-order chi connectivity index (χ1) is 8.99. The van der Waals surface area contributed by atoms with E-state index >= 15 is 0 Å². The summed E-state index contributed by atoms with van der Waals surface area (Å²) in [6, 6.07) is 3.58. The van der Waals surface area contributed by atoms with E-state index in [-0.39, 0.29) is 18.4 Å². The number of piperidine rings is 1. The van der Waals surface area contributed by atoms with Crippen LogP contribution in [0.4, 0.5) is 4.39 Å². The number of carboxylic acids is 1. The largest absolute Gasteiger partial charge is 0.478 e. The normalized spacial score (nSPS) is 15.7. The number of carbonyl (C=O) groups excluding carboxylic acids is 2. The summed E-state index contributed by atoms with van der Waals surface area (Å²) in [5, 5.41) is 8.70. The molecule has 2 amide bonds. The molecule has 0 unspecified atom stereocenters. The van der Waals surface area contributed by atoms with Crippen molar-refractivity contribution in [2.75, 3.05) is 0 Å². The maximum Gasteiger partial charge on any atom is 0.338 e. The smallest absolute Gasteiger partial charge is 0.338 e. The van der Waals surface area contributed by atoms with Gasteiger partial charge in [-0.1, -0.05) is 6.07 Å². The Morgan fingerprint density at radius 3 is 2.42 bits per heavy atom. The van der Waals surface area contributed by atoms with Crippen LogP contribution in [0.2, 0.25) is 0 Å². The van der Waals surface area contributed by atoms with Crippen LogP contribution >= 0.6 is 0 Å². The Hall–Kier alpha value is -2.24. The molecule has 1 saturated heterocycles. The molecule has 2 rings (SSSR count). The second-order valence-corrected chi connectivity index (χ2v) is 4.35. The van der Waals surface area contributed by atoms with Gasteiger partial charge in [0.1, 0.15) is 5.82 Å². The monoisotopic (exact) mass is 265 g/mol. The molecule has 100 valence electrons. The molecule has 1 heterocycles. The first kappa shape index (κ1) is 13.2. The van der Waals surface area contributed by atoms with E-state index < -0.39 is 17.3 Å². The number of hydrogen-bond acceptors (Lipinski definition) is 3. The van der Waals surface area contributed by atoms with Crippen LogP contribution in [0.5, 0.6) is 0 Å². The van der Waals surface area contributed by atoms with Crippen molar-refractivity contribution in [1.82, 2.24) is 4.90 Å². The summed E-state index contributed by atoms with van der Waals surface area (Å²) in [4.78, 5) is 34.9. The van der Waals surface area contributed by atoms with E-state index in [1.165, 1.54) is 6.07 Å². The van der Waals surface area contributed by atoms with Gasteiger partial charge in [-0.2, -0.15) is 0 Å². The fourth-order valence-electron chi connectivity index (χ4n) is 1.99. The van der Waals surface area contributed by atoms with Gasteiger partial charge in [0.05, 0.1) is 12.1 Å². The second kappa shape index (κ2) is 5.17. The first-order valence-corrected chi connectivity index (χ1v) is 5.84. The lowest BCUT2D eigenvalue weighted by Gasteiger charge is -2.24. The lowest BCUT2D eigenvalue weighted by Crippen LogP contribution is -2.39. The highest BCUT2D eigenvalue weighted by atomic mass is 19.1. The molecule has 1 aliphatic heterocycles. The van der Waals surface area contributed by atoms with Crippen LogP contribution in [-0.2, 0) is 16.1 Å². The average Bonchev–Trinajstić information content (AvgIpc) is 2.33. The molecule has 0 radical (unpaired) electrons. The molecule has 1 fully saturated rings. The van der Waals surface area contributed by atoms with E-state index in [1.54, 1.807) is 0 Å². The predicted octanol–water partition coefficient (Wildman–Crippen LogP) is 1.56. The van der Waals surface area contributed by atoms with Crippen LogP contribution in [0.15, 0.2) is 18.2 Å². The van der Waals surface area contributed by atoms with Crippen molar-refractivity contribution in [3.05, 3.63) is 35.1 Å². The molecule has 0 saturated carbocycles. The fraction of sp³-hybridized carbons (Fsp3) is 0.308. The zero-order valence-corrected chi connectivity index (χ0v) is 10.1. The number of amides is 2. The minimum atomic E-state index is -1.35. The summed E-state index contributed by atoms with van der Waals surface area (Å²) in [6.45, 7) is -0.0194. The number of halogens is 1. The van der Waals surface area contributed by atoms with E-state index in [9.17, 15) is 18.8 Å². The quantitative estimate of drug-likeness (QED) is 0.842. The summed E-state index contributed by atoms with van der Waals surface area (Å²) < 4.78 is 13.5. The van der Waals surface area contributed by atoms with Gasteiger partial charge in [0.15, 0.2) is 0 Å². The van der Waals surface area contributed by atoms with E-state index in [0.29, 0.717) is 24.8 Å². The molecule has 1 aromatic rings. The minimum Gasteiger partial charge on any atom is -0.478 e. The van der Waals surface area contributed by atoms with Crippen LogP contribution < -0.4 is 0 Å². The zero-order valence-electron chi connectivity index (χ0n) is 10.1. The van der Waals surface area contributed by atoms with Gasteiger partial charge in [0.25, 0.3) is 0 Å². The Kier molecular flexibility index (Phi) is 3.59. The van der Waals surface area contributed by atoms with E-state index in [1.807, 2.05) is 0 Å². The molecular formula is C13H12FNO4. The SMILES string of the molecule is O=C(O)c1ccc(CN2C(=O)CCCC2=O)cc1F. The number of nitrogens with zero attached hydrogens (tertiary/aromatic N) is 1. The van der Waals surface area contributed by atoms with Crippen molar-refractivity contribution in [1.29, 1.82) is 0 Å². The summed E-state index contributed by atoms with van der Waals surface area (Å²) in [6.07, 6.45) is 1.16. The van der Waals surface area contributed by atoms with Crippen LogP contribution in [0.3, 0.4) is 0 Å². The van der Waals surface area contributed by atoms with Crippen molar-refractivity contribution in [3.8, 4) is 0 Å². The zero-order chi connectivity index (χ0) is 14.0. The molecule has 5 nitrogen and oxygen atoms in total. The van der Waals surface area contributed by atoms with Gasteiger partial charge in [-0.3, -0.25) is 14.5 Å². The summed E-state index contributed by atoms with van der Waals surface area (Å²) in [7, 11) is 0. The second-order valence-electron chi connectivity index (χ2n) is 4.35. The van der Waals surface area contributed by atoms with Crippen LogP contribution in [0.1, 0.15) is 35.2 Å². The van der Waals surface area contributed by atoms with Gasteiger partial charge in [0.2, 0.25) is 11.8 Å². The van der Waals surface area contributed by atoms with Gasteiger partial charge in [-0.25, -0.2) is 9.18 Å². The Labute approximate surface area is 108 Å². The molecule has 19 heavy (non-hydrogen) atoms. The van der Waals surface area contributed by atoms with Crippen LogP contribution in [0.25, 0.3) is 0 Å². The van der Waals surface area contributed by atoms with Gasteiger partial charge in [-0.15, -0.1) is 0 Å². The molecule has 1 aromatic carbocycles. The third kappa shape index (κ3) is 2.78. The van der Waals surface area contributed by atoms with Crippen molar-refractivity contribution < 1.29 is 23.9 Å². The molecule has 0 bridgehead atoms. The molecule has 0 spiro atoms. The van der Waals surface area contributed by atoms with Crippen LogP contribution in [0, 0.1) is 5.82 Å². The number of carbonyl (C=O) groups is 3. The van der Waals surface area contributed by atoms with E-state index in [4.69, 9.17) is 5.11 Å². The van der Waals surface area contributed by atoms with E-state index in [0.717, 1.165) is 17.0 Å². The summed E-state index contributed by atoms with van der Waals surface area (Å²) >= 11 is 0. The van der Waals surface area contributed by atoms with Gasteiger partial charge >= 0.3 is 5.97 Å². The van der Waals surface area contributed by atoms with Crippen LogP contribution in [-0.4, -0.2) is 27.8 Å². The molecule has 1 aliphatic rings. The molecular weight excluding hydrogens is 253 g/mol. The molecule has 0 aromatic heterocycles. The average molecular weight is 265 g/mol. The van der Waals surface area contributed by atoms with Crippen molar-refractivity contribution in [3.63, 3.8) is 0 Å². The Bertz CT molecular complexity index is 540. The minimum absolute atomic E-state index is 0.0194. The Morgan fingerprint density at radius 2 is 1.89 bits per heavy atom. The topological polar surface area (TPSA) is 74.7 Å². The summed E-state index contributed by atoms with van der Waals surface area (Å²) in [5.41, 5.74) is -0.0360. The number of carboxylic acid groups (broad SMARTS) is 1. The third-order valence-corrected chi connectivity index (χ3v) is 2.99. The lowest BCUT2D eigenvalue weighted by molar-refractivity contribution is -0.148. The molecule has 0 atom stereocenters. The maximum atomic E-state index is 13.5. The number of hydrogen-bond donors (Lipinski definition) is 1. The Morgan fingerprint density at radius 1 is 1.26 bits per heavy atom. The standard InChI is InChI=1S/C13H12FNO4/c14-10-6-8(4-5-9(10)13(18)19)7-15-11(16)2-1-3-12(15)17/h4-6H,1-3,7H2,(H,18,19). The number of imide groups is 1. The predicted molar refractivity (Wildman–Crippen MR) is 62.8 cm³/mol. The molecule has 6 heteroatoms. The number of benzene rings is 1. The highest BCUT2D eigenvalue weighted by molar-refractivity contribution is 5.97. The van der Waals surface area contributed by atoms with Crippen molar-refractivity contribution in [2.45, 2.75) is 25.8 Å². The lowest BCUT2D eigenvalue weighted by atomic mass is 10.1. The summed E-state index contributed by atoms with van der Waals surface area (Å²) in [5.74, 6) is -2.78. The highest BCUT2D eigenvalue weighted by Crippen LogP contribution is 2.17. The van der Waals surface area contributed by atoms with Crippen molar-refractivity contribution in [2.24, 2.45) is 0 Å². The van der Waals surface area contributed by atoms with Gasteiger partial charge in [0, 0.05) is 12.8 Å². The number of rotatable bonds is 3. The highest BCUT2D eigenvalue weighted by Gasteiger charge is 2.26. The van der Waals surface area contributed by atoms with Gasteiger partial charge < -0.3 is 5.11 Å².